The Hall–Kier alpha value is -0.640. The van der Waals surface area contributed by atoms with Crippen LogP contribution in [0.5, 0.6) is 0 Å². The van der Waals surface area contributed by atoms with E-state index in [0.29, 0.717) is 5.92 Å². The summed E-state index contributed by atoms with van der Waals surface area (Å²) >= 11 is 5.65. The van der Waals surface area contributed by atoms with Gasteiger partial charge in [0.05, 0.1) is 0 Å². The molecule has 0 aliphatic heterocycles. The molecule has 108 valence electrons. The summed E-state index contributed by atoms with van der Waals surface area (Å²) in [5.41, 5.74) is 1.40. The van der Waals surface area contributed by atoms with Crippen molar-refractivity contribution in [3.8, 4) is 0 Å². The van der Waals surface area contributed by atoms with E-state index in [2.05, 4.69) is 71.5 Å². The smallest absolute Gasteiger partial charge is 0.0210 e. The van der Waals surface area contributed by atoms with E-state index in [4.69, 9.17) is 0 Å². The topological polar surface area (TPSA) is 12.0 Å². The quantitative estimate of drug-likeness (QED) is 0.739. The van der Waals surface area contributed by atoms with Crippen LogP contribution in [0.15, 0.2) is 40.9 Å². The maximum absolute atomic E-state index is 3.70. The summed E-state index contributed by atoms with van der Waals surface area (Å²) in [6.45, 7) is 6.43. The number of benzene rings is 1. The van der Waals surface area contributed by atoms with Gasteiger partial charge in [-0.15, -0.1) is 11.3 Å². The molecule has 1 aromatic heterocycles. The summed E-state index contributed by atoms with van der Waals surface area (Å²) in [6.07, 6.45) is 2.25. The largest absolute Gasteiger partial charge is 0.316 e. The molecule has 1 atom stereocenters. The molecule has 0 aliphatic carbocycles. The zero-order valence-electron chi connectivity index (χ0n) is 12.2. The van der Waals surface area contributed by atoms with E-state index < -0.39 is 0 Å². The van der Waals surface area contributed by atoms with Gasteiger partial charge < -0.3 is 5.32 Å². The molecule has 0 spiro atoms. The average molecular weight is 352 g/mol. The highest BCUT2D eigenvalue weighted by molar-refractivity contribution is 9.10. The van der Waals surface area contributed by atoms with Gasteiger partial charge in [0, 0.05) is 26.7 Å². The highest BCUT2D eigenvalue weighted by atomic mass is 79.9. The number of nitrogens with one attached hydrogen (secondary N) is 1. The van der Waals surface area contributed by atoms with Crippen LogP contribution in [0.1, 0.15) is 35.1 Å². The first kappa shape index (κ1) is 15.7. The minimum Gasteiger partial charge on any atom is -0.316 e. The predicted octanol–water partition coefficient (Wildman–Crippen LogP) is 5.01. The predicted molar refractivity (Wildman–Crippen MR) is 92.8 cm³/mol. The van der Waals surface area contributed by atoms with Gasteiger partial charge >= 0.3 is 0 Å². The number of likely N-dealkylation sites (N-methyl/N-ethyl adjacent to an activating group) is 1. The molecule has 0 radical (unpaired) electrons. The Labute approximate surface area is 134 Å². The molecule has 0 saturated carbocycles. The molecule has 3 heteroatoms. The minimum atomic E-state index is 0.522. The van der Waals surface area contributed by atoms with Crippen LogP contribution in [0, 0.1) is 0 Å². The monoisotopic (exact) mass is 351 g/mol. The lowest BCUT2D eigenvalue weighted by Crippen LogP contribution is -2.22. The van der Waals surface area contributed by atoms with Crippen LogP contribution < -0.4 is 5.32 Å². The zero-order valence-corrected chi connectivity index (χ0v) is 14.6. The van der Waals surface area contributed by atoms with Gasteiger partial charge in [0.15, 0.2) is 0 Å². The van der Waals surface area contributed by atoms with Gasteiger partial charge in [-0.1, -0.05) is 48.0 Å². The fraction of sp³-hybridized carbons (Fsp3) is 0.412. The Balaban J connectivity index is 2.17. The van der Waals surface area contributed by atoms with Crippen molar-refractivity contribution in [1.29, 1.82) is 0 Å². The van der Waals surface area contributed by atoms with Gasteiger partial charge in [0.1, 0.15) is 0 Å². The molecular formula is C17H22BrNS. The van der Waals surface area contributed by atoms with Gasteiger partial charge in [-0.2, -0.15) is 0 Å². The van der Waals surface area contributed by atoms with Crippen LogP contribution in [-0.2, 0) is 12.8 Å². The Morgan fingerprint density at radius 2 is 1.85 bits per heavy atom. The Bertz CT molecular complexity index is 535. The zero-order chi connectivity index (χ0) is 14.4. The second-order valence-electron chi connectivity index (χ2n) is 4.95. The van der Waals surface area contributed by atoms with Gasteiger partial charge in [0.25, 0.3) is 0 Å². The number of hydrogen-bond donors (Lipinski definition) is 1. The molecule has 0 saturated heterocycles. The lowest BCUT2D eigenvalue weighted by molar-refractivity contribution is 0.596. The molecule has 0 bridgehead atoms. The molecule has 1 aromatic carbocycles. The van der Waals surface area contributed by atoms with Crippen LogP contribution in [0.2, 0.25) is 0 Å². The van der Waals surface area contributed by atoms with Crippen molar-refractivity contribution in [2.75, 3.05) is 13.1 Å². The number of aryl methyl sites for hydroxylation is 1. The van der Waals surface area contributed by atoms with E-state index in [1.807, 2.05) is 11.3 Å². The van der Waals surface area contributed by atoms with Gasteiger partial charge in [-0.25, -0.2) is 0 Å². The highest BCUT2D eigenvalue weighted by Crippen LogP contribution is 2.29. The number of hydrogen-bond acceptors (Lipinski definition) is 2. The van der Waals surface area contributed by atoms with Crippen molar-refractivity contribution in [3.63, 3.8) is 0 Å². The molecular weight excluding hydrogens is 330 g/mol. The molecule has 0 fully saturated rings. The number of thiophene rings is 1. The molecule has 1 N–H and O–H groups in total. The van der Waals surface area contributed by atoms with Crippen molar-refractivity contribution in [3.05, 3.63) is 56.2 Å². The van der Waals surface area contributed by atoms with Gasteiger partial charge in [-0.3, -0.25) is 0 Å². The molecule has 0 aliphatic rings. The summed E-state index contributed by atoms with van der Waals surface area (Å²) in [5.74, 6) is 0.522. The van der Waals surface area contributed by atoms with Crippen LogP contribution >= 0.6 is 27.3 Å². The van der Waals surface area contributed by atoms with Crippen molar-refractivity contribution in [2.24, 2.45) is 0 Å². The minimum absolute atomic E-state index is 0.522. The maximum Gasteiger partial charge on any atom is 0.0210 e. The van der Waals surface area contributed by atoms with E-state index in [1.165, 1.54) is 19.8 Å². The van der Waals surface area contributed by atoms with Crippen molar-refractivity contribution >= 4 is 27.3 Å². The average Bonchev–Trinajstić information content (AvgIpc) is 2.92. The molecule has 20 heavy (non-hydrogen) atoms. The molecule has 1 heterocycles. The SMILES string of the molecule is CCNCC(Cc1ccc(CC)s1)c1ccccc1Br. The molecule has 0 amide bonds. The lowest BCUT2D eigenvalue weighted by Gasteiger charge is -2.18. The van der Waals surface area contributed by atoms with E-state index in [0.717, 1.165) is 25.9 Å². The highest BCUT2D eigenvalue weighted by Gasteiger charge is 2.15. The molecule has 2 aromatic rings. The van der Waals surface area contributed by atoms with Crippen molar-refractivity contribution in [1.82, 2.24) is 5.32 Å². The van der Waals surface area contributed by atoms with E-state index in [-0.39, 0.29) is 0 Å². The first-order chi connectivity index (χ1) is 9.74. The third kappa shape index (κ3) is 4.18. The fourth-order valence-electron chi connectivity index (χ4n) is 2.38. The molecule has 1 nitrogen and oxygen atoms in total. The Kier molecular flexibility index (Phi) is 6.27. The first-order valence-electron chi connectivity index (χ1n) is 7.27. The maximum atomic E-state index is 3.70. The van der Waals surface area contributed by atoms with Crippen LogP contribution in [0.25, 0.3) is 0 Å². The van der Waals surface area contributed by atoms with Gasteiger partial charge in [0.2, 0.25) is 0 Å². The fourth-order valence-corrected chi connectivity index (χ4v) is 4.03. The third-order valence-corrected chi connectivity index (χ3v) is 5.47. The second-order valence-corrected chi connectivity index (χ2v) is 7.06. The normalized spacial score (nSPS) is 12.6. The third-order valence-electron chi connectivity index (χ3n) is 3.50. The first-order valence-corrected chi connectivity index (χ1v) is 8.88. The second kappa shape index (κ2) is 7.96. The van der Waals surface area contributed by atoms with E-state index in [1.54, 1.807) is 0 Å². The number of rotatable bonds is 7. The van der Waals surface area contributed by atoms with Gasteiger partial charge in [-0.05, 0) is 43.1 Å². The van der Waals surface area contributed by atoms with Crippen LogP contribution in [0.3, 0.4) is 0 Å². The molecule has 2 rings (SSSR count). The van der Waals surface area contributed by atoms with Crippen molar-refractivity contribution < 1.29 is 0 Å². The lowest BCUT2D eigenvalue weighted by atomic mass is 9.95. The Morgan fingerprint density at radius 3 is 2.50 bits per heavy atom. The van der Waals surface area contributed by atoms with Crippen molar-refractivity contribution in [2.45, 2.75) is 32.6 Å². The number of halogens is 1. The van der Waals surface area contributed by atoms with E-state index in [9.17, 15) is 0 Å². The van der Waals surface area contributed by atoms with Crippen LogP contribution in [0.4, 0.5) is 0 Å². The summed E-state index contributed by atoms with van der Waals surface area (Å²) in [6, 6.07) is 13.1. The summed E-state index contributed by atoms with van der Waals surface area (Å²) < 4.78 is 1.22. The summed E-state index contributed by atoms with van der Waals surface area (Å²) in [7, 11) is 0. The van der Waals surface area contributed by atoms with Crippen LogP contribution in [-0.4, -0.2) is 13.1 Å². The Morgan fingerprint density at radius 1 is 1.10 bits per heavy atom. The summed E-state index contributed by atoms with van der Waals surface area (Å²) in [5, 5.41) is 3.50. The van der Waals surface area contributed by atoms with E-state index >= 15 is 0 Å². The standard InChI is InChI=1S/C17H22BrNS/c1-3-14-9-10-15(20-14)11-13(12-19-4-2)16-7-5-6-8-17(16)18/h5-10,13,19H,3-4,11-12H2,1-2H3. The summed E-state index contributed by atoms with van der Waals surface area (Å²) in [4.78, 5) is 2.97. The molecule has 1 unspecified atom stereocenters.